The number of carbonyl (C=O) groups excluding carboxylic acids is 1. The number of carbonyl (C=O) groups is 1. The highest BCUT2D eigenvalue weighted by Gasteiger charge is 2.50. The number of allylic oxidation sites excluding steroid dienone is 2. The van der Waals surface area contributed by atoms with Crippen LogP contribution in [0, 0.1) is 5.92 Å². The van der Waals surface area contributed by atoms with Gasteiger partial charge in [-0.05, 0) is 45.2 Å². The monoisotopic (exact) mass is 513 g/mol. The summed E-state index contributed by atoms with van der Waals surface area (Å²) in [5.74, 6) is -0.531. The average molecular weight is 514 g/mol. The molecule has 2 N–H and O–H groups in total. The molecule has 5 nitrogen and oxygen atoms in total. The third kappa shape index (κ3) is 4.07. The van der Waals surface area contributed by atoms with Crippen LogP contribution in [0.4, 0.5) is 11.4 Å². The van der Waals surface area contributed by atoms with Crippen LogP contribution >= 0.6 is 0 Å². The summed E-state index contributed by atoms with van der Waals surface area (Å²) in [5.41, 5.74) is 6.96. The van der Waals surface area contributed by atoms with Gasteiger partial charge in [-0.15, -0.1) is 0 Å². The van der Waals surface area contributed by atoms with Crippen LogP contribution in [0.5, 0.6) is 0 Å². The highest BCUT2D eigenvalue weighted by molar-refractivity contribution is 6.14. The lowest BCUT2D eigenvalue weighted by Crippen LogP contribution is -2.46. The Labute approximate surface area is 226 Å². The Morgan fingerprint density at radius 3 is 2.32 bits per heavy atom. The van der Waals surface area contributed by atoms with E-state index >= 15 is 0 Å². The number of aliphatic hydroxyl groups excluding tert-OH is 2. The molecule has 2 aromatic carbocycles. The molecule has 5 heteroatoms. The first kappa shape index (κ1) is 26.6. The van der Waals surface area contributed by atoms with Crippen molar-refractivity contribution in [2.45, 2.75) is 70.8 Å². The summed E-state index contributed by atoms with van der Waals surface area (Å²) in [5, 5.41) is 20.5. The molecule has 38 heavy (non-hydrogen) atoms. The summed E-state index contributed by atoms with van der Waals surface area (Å²) in [6, 6.07) is 16.8. The molecule has 0 radical (unpaired) electrons. The molecule has 2 heterocycles. The van der Waals surface area contributed by atoms with Crippen LogP contribution in [0.2, 0.25) is 0 Å². The van der Waals surface area contributed by atoms with E-state index in [4.69, 9.17) is 0 Å². The van der Waals surface area contributed by atoms with Crippen molar-refractivity contribution in [1.29, 1.82) is 0 Å². The third-order valence-corrected chi connectivity index (χ3v) is 8.83. The molecular formula is C33H41N2O3+. The number of fused-ring (bicyclic) bond motifs is 2. The standard InChI is InChI=1S/C33H41N2O3/c1-6-34-26-16-10-8-14-24(26)32(2,3)28(34)20-22-30(37)23(31(22)38)21-29-33(4,5)25-15-9-11-17-27(25)35(29)18-12-7-13-19-36/h8-11,14-17,20-22,30,36-37H,6-7,12-13,18-19H2,1-5H3/q+1. The van der Waals surface area contributed by atoms with Crippen molar-refractivity contribution in [3.05, 3.63) is 83.1 Å². The van der Waals surface area contributed by atoms with Gasteiger partial charge in [-0.2, -0.15) is 4.58 Å². The first-order chi connectivity index (χ1) is 18.1. The number of rotatable bonds is 8. The molecule has 0 spiro atoms. The maximum absolute atomic E-state index is 13.6. The predicted molar refractivity (Wildman–Crippen MR) is 153 cm³/mol. The normalized spacial score (nSPS) is 25.2. The zero-order valence-electron chi connectivity index (χ0n) is 23.4. The summed E-state index contributed by atoms with van der Waals surface area (Å²) in [6.07, 6.45) is 5.84. The predicted octanol–water partition coefficient (Wildman–Crippen LogP) is 5.41. The number of aliphatic hydroxyl groups is 2. The second-order valence-electron chi connectivity index (χ2n) is 11.8. The van der Waals surface area contributed by atoms with Crippen molar-refractivity contribution in [2.75, 3.05) is 24.6 Å². The maximum atomic E-state index is 13.6. The SMILES string of the molecule is CCN1C(=CC2C(=O)C(=CC3=[N+](CCCCCO)c4ccccc4C3(C)C)C2O)C(C)(C)c2ccccc21. The van der Waals surface area contributed by atoms with Crippen LogP contribution in [0.1, 0.15) is 65.0 Å². The van der Waals surface area contributed by atoms with Crippen LogP contribution < -0.4 is 4.90 Å². The van der Waals surface area contributed by atoms with E-state index in [0.29, 0.717) is 5.57 Å². The van der Waals surface area contributed by atoms with Gasteiger partial charge < -0.3 is 15.1 Å². The maximum Gasteiger partial charge on any atom is 0.209 e. The van der Waals surface area contributed by atoms with E-state index in [2.05, 4.69) is 92.6 Å². The van der Waals surface area contributed by atoms with Crippen molar-refractivity contribution in [2.24, 2.45) is 5.92 Å². The summed E-state index contributed by atoms with van der Waals surface area (Å²) >= 11 is 0. The molecule has 5 rings (SSSR count). The number of nitrogens with zero attached hydrogens (tertiary/aromatic N) is 2. The number of para-hydroxylation sites is 2. The van der Waals surface area contributed by atoms with Gasteiger partial charge in [-0.3, -0.25) is 4.79 Å². The van der Waals surface area contributed by atoms with E-state index < -0.39 is 12.0 Å². The Morgan fingerprint density at radius 2 is 1.63 bits per heavy atom. The topological polar surface area (TPSA) is 63.8 Å². The molecule has 2 aromatic rings. The summed E-state index contributed by atoms with van der Waals surface area (Å²) in [7, 11) is 0. The first-order valence-electron chi connectivity index (χ1n) is 14.0. The van der Waals surface area contributed by atoms with Crippen molar-refractivity contribution >= 4 is 22.9 Å². The quantitative estimate of drug-likeness (QED) is 0.281. The molecule has 1 aliphatic carbocycles. The van der Waals surface area contributed by atoms with E-state index in [9.17, 15) is 15.0 Å². The van der Waals surface area contributed by atoms with Gasteiger partial charge in [-0.25, -0.2) is 0 Å². The zero-order chi connectivity index (χ0) is 27.2. The number of ketones is 1. The van der Waals surface area contributed by atoms with Gasteiger partial charge >= 0.3 is 0 Å². The minimum atomic E-state index is -0.823. The van der Waals surface area contributed by atoms with Gasteiger partial charge in [0.05, 0.1) is 17.4 Å². The van der Waals surface area contributed by atoms with Crippen LogP contribution in [-0.4, -0.2) is 52.1 Å². The Bertz CT molecular complexity index is 1350. The fraction of sp³-hybridized carbons (Fsp3) is 0.455. The molecule has 0 amide bonds. The number of benzene rings is 2. The number of hydrogen-bond acceptors (Lipinski definition) is 4. The third-order valence-electron chi connectivity index (χ3n) is 8.83. The largest absolute Gasteiger partial charge is 0.396 e. The molecule has 3 aliphatic rings. The molecular weight excluding hydrogens is 472 g/mol. The van der Waals surface area contributed by atoms with E-state index in [1.54, 1.807) is 0 Å². The molecule has 0 saturated heterocycles. The Kier molecular flexibility index (Phi) is 6.95. The molecule has 1 fully saturated rings. The smallest absolute Gasteiger partial charge is 0.209 e. The number of hydrogen-bond donors (Lipinski definition) is 2. The molecule has 1 saturated carbocycles. The van der Waals surface area contributed by atoms with Crippen LogP contribution in [0.15, 0.2) is 72.0 Å². The minimum absolute atomic E-state index is 0.00676. The average Bonchev–Trinajstić information content (AvgIpc) is 3.26. The first-order valence-corrected chi connectivity index (χ1v) is 14.0. The van der Waals surface area contributed by atoms with E-state index in [1.165, 1.54) is 16.8 Å². The highest BCUT2D eigenvalue weighted by atomic mass is 16.3. The minimum Gasteiger partial charge on any atom is -0.396 e. The molecule has 2 aliphatic heterocycles. The Morgan fingerprint density at radius 1 is 0.947 bits per heavy atom. The Balaban J connectivity index is 1.48. The van der Waals surface area contributed by atoms with Crippen molar-refractivity contribution < 1.29 is 19.6 Å². The van der Waals surface area contributed by atoms with Gasteiger partial charge in [0.15, 0.2) is 11.5 Å². The van der Waals surface area contributed by atoms with Gasteiger partial charge in [0.25, 0.3) is 0 Å². The van der Waals surface area contributed by atoms with Gasteiger partial charge in [0, 0.05) is 59.7 Å². The molecule has 2 unspecified atom stereocenters. The van der Waals surface area contributed by atoms with E-state index in [1.807, 2.05) is 12.2 Å². The summed E-state index contributed by atoms with van der Waals surface area (Å²) in [6.45, 7) is 12.7. The molecule has 2 atom stereocenters. The highest BCUT2D eigenvalue weighted by Crippen LogP contribution is 2.49. The Hall–Kier alpha value is -3.02. The van der Waals surface area contributed by atoms with Crippen LogP contribution in [0.3, 0.4) is 0 Å². The van der Waals surface area contributed by atoms with E-state index in [0.717, 1.165) is 49.4 Å². The lowest BCUT2D eigenvalue weighted by molar-refractivity contribution is -0.438. The second-order valence-corrected chi connectivity index (χ2v) is 11.8. The summed E-state index contributed by atoms with van der Waals surface area (Å²) in [4.78, 5) is 15.8. The number of anilines is 1. The fourth-order valence-corrected chi connectivity index (χ4v) is 6.60. The van der Waals surface area contributed by atoms with Crippen LogP contribution in [-0.2, 0) is 15.6 Å². The molecule has 0 aromatic heterocycles. The van der Waals surface area contributed by atoms with Crippen LogP contribution in [0.25, 0.3) is 0 Å². The van der Waals surface area contributed by atoms with Crippen molar-refractivity contribution in [3.63, 3.8) is 0 Å². The van der Waals surface area contributed by atoms with Crippen molar-refractivity contribution in [1.82, 2.24) is 0 Å². The number of likely N-dealkylation sites (N-methyl/N-ethyl adjacent to an activating group) is 1. The number of Topliss-reactive ketones (excluding diaryl/α,β-unsaturated/α-hetero) is 1. The lowest BCUT2D eigenvalue weighted by atomic mass is 9.71. The van der Waals surface area contributed by atoms with Gasteiger partial charge in [0.1, 0.15) is 6.54 Å². The number of unbranched alkanes of at least 4 members (excludes halogenated alkanes) is 2. The second kappa shape index (κ2) is 9.94. The fourth-order valence-electron chi connectivity index (χ4n) is 6.60. The molecule has 200 valence electrons. The molecule has 0 bridgehead atoms. The lowest BCUT2D eigenvalue weighted by Gasteiger charge is -2.35. The van der Waals surface area contributed by atoms with E-state index in [-0.39, 0.29) is 23.2 Å². The van der Waals surface area contributed by atoms with Gasteiger partial charge in [-0.1, -0.05) is 56.3 Å². The van der Waals surface area contributed by atoms with Crippen molar-refractivity contribution in [3.8, 4) is 0 Å². The zero-order valence-corrected chi connectivity index (χ0v) is 23.4. The summed E-state index contributed by atoms with van der Waals surface area (Å²) < 4.78 is 2.31. The van der Waals surface area contributed by atoms with Gasteiger partial charge in [0.2, 0.25) is 5.69 Å².